The van der Waals surface area contributed by atoms with Gasteiger partial charge in [0.2, 0.25) is 5.91 Å². The molecule has 1 aromatic rings. The van der Waals surface area contributed by atoms with Gasteiger partial charge in [-0.25, -0.2) is 0 Å². The summed E-state index contributed by atoms with van der Waals surface area (Å²) in [5, 5.41) is 0. The Labute approximate surface area is 151 Å². The zero-order valence-electron chi connectivity index (χ0n) is 15.0. The van der Waals surface area contributed by atoms with Gasteiger partial charge < -0.3 is 9.80 Å². The van der Waals surface area contributed by atoms with Crippen molar-refractivity contribution in [2.75, 3.05) is 20.1 Å². The molecule has 1 spiro atoms. The smallest absolute Gasteiger partial charge is 0.345 e. The standard InChI is InChI=1S/C19H23F3N2O2/c1-13-18(9-3-11-23(2)17(18)26)10-4-12-24(13)16(25)14-5-7-15(8-6-14)19(20,21)22/h5-8,13H,3-4,9-12H2,1-2H3/t13-,18-/m0/s1. The number of amides is 2. The largest absolute Gasteiger partial charge is 0.416 e. The van der Waals surface area contributed by atoms with E-state index in [0.717, 1.165) is 44.4 Å². The van der Waals surface area contributed by atoms with Crippen LogP contribution in [0, 0.1) is 5.41 Å². The summed E-state index contributed by atoms with van der Waals surface area (Å²) >= 11 is 0. The van der Waals surface area contributed by atoms with Crippen molar-refractivity contribution in [3.8, 4) is 0 Å². The fourth-order valence-corrected chi connectivity index (χ4v) is 4.35. The number of halogens is 3. The summed E-state index contributed by atoms with van der Waals surface area (Å²) in [7, 11) is 1.78. The molecule has 0 unspecified atom stereocenters. The summed E-state index contributed by atoms with van der Waals surface area (Å²) in [4.78, 5) is 29.1. The number of benzene rings is 1. The van der Waals surface area contributed by atoms with Crippen LogP contribution in [0.25, 0.3) is 0 Å². The number of hydrogen-bond donors (Lipinski definition) is 0. The first-order valence-corrected chi connectivity index (χ1v) is 8.90. The third-order valence-corrected chi connectivity index (χ3v) is 5.90. The minimum absolute atomic E-state index is 0.0705. The van der Waals surface area contributed by atoms with E-state index in [0.29, 0.717) is 6.54 Å². The van der Waals surface area contributed by atoms with Crippen molar-refractivity contribution < 1.29 is 22.8 Å². The molecule has 0 N–H and O–H groups in total. The van der Waals surface area contributed by atoms with E-state index in [9.17, 15) is 22.8 Å². The first-order valence-electron chi connectivity index (χ1n) is 8.90. The molecule has 2 saturated heterocycles. The Balaban J connectivity index is 1.84. The van der Waals surface area contributed by atoms with Gasteiger partial charge in [0.05, 0.1) is 11.0 Å². The SMILES string of the molecule is C[C@@H]1N(C(=O)c2ccc(C(F)(F)F)cc2)CCC[C@@]12CCCN(C)C2=O. The number of piperidine rings is 2. The highest BCUT2D eigenvalue weighted by atomic mass is 19.4. The Bertz CT molecular complexity index is 698. The van der Waals surface area contributed by atoms with E-state index < -0.39 is 17.2 Å². The van der Waals surface area contributed by atoms with E-state index in [-0.39, 0.29) is 23.4 Å². The van der Waals surface area contributed by atoms with Crippen LogP contribution in [-0.4, -0.2) is 47.8 Å². The van der Waals surface area contributed by atoms with Crippen LogP contribution in [-0.2, 0) is 11.0 Å². The lowest BCUT2D eigenvalue weighted by Gasteiger charge is -2.51. The molecule has 2 aliphatic rings. The molecule has 0 bridgehead atoms. The van der Waals surface area contributed by atoms with Crippen molar-refractivity contribution in [3.05, 3.63) is 35.4 Å². The molecular formula is C19H23F3N2O2. The van der Waals surface area contributed by atoms with E-state index in [1.165, 1.54) is 12.1 Å². The van der Waals surface area contributed by atoms with E-state index in [1.54, 1.807) is 16.8 Å². The molecule has 0 aromatic heterocycles. The number of carbonyl (C=O) groups is 2. The minimum atomic E-state index is -4.43. The zero-order chi connectivity index (χ0) is 19.1. The average molecular weight is 368 g/mol. The van der Waals surface area contributed by atoms with Gasteiger partial charge in [0.1, 0.15) is 0 Å². The summed E-state index contributed by atoms with van der Waals surface area (Å²) < 4.78 is 38.2. The Morgan fingerprint density at radius 1 is 1.12 bits per heavy atom. The Morgan fingerprint density at radius 2 is 1.69 bits per heavy atom. The van der Waals surface area contributed by atoms with Crippen molar-refractivity contribution in [1.29, 1.82) is 0 Å². The molecule has 0 saturated carbocycles. The van der Waals surface area contributed by atoms with Gasteiger partial charge in [0, 0.05) is 31.7 Å². The zero-order valence-corrected chi connectivity index (χ0v) is 15.0. The molecule has 142 valence electrons. The van der Waals surface area contributed by atoms with E-state index in [4.69, 9.17) is 0 Å². The number of nitrogens with zero attached hydrogens (tertiary/aromatic N) is 2. The average Bonchev–Trinajstić information content (AvgIpc) is 2.60. The highest BCUT2D eigenvalue weighted by Gasteiger charge is 2.51. The lowest BCUT2D eigenvalue weighted by Crippen LogP contribution is -2.61. The number of rotatable bonds is 1. The molecule has 26 heavy (non-hydrogen) atoms. The monoisotopic (exact) mass is 368 g/mol. The molecule has 3 rings (SSSR count). The Hall–Kier alpha value is -2.05. The first-order chi connectivity index (χ1) is 12.2. The van der Waals surface area contributed by atoms with Crippen molar-refractivity contribution in [2.24, 2.45) is 5.41 Å². The van der Waals surface area contributed by atoms with Gasteiger partial charge in [-0.05, 0) is 56.9 Å². The highest BCUT2D eigenvalue weighted by Crippen LogP contribution is 2.44. The Kier molecular flexibility index (Phi) is 4.75. The van der Waals surface area contributed by atoms with E-state index in [1.807, 2.05) is 6.92 Å². The predicted octanol–water partition coefficient (Wildman–Crippen LogP) is 3.57. The fraction of sp³-hybridized carbons (Fsp3) is 0.579. The maximum absolute atomic E-state index is 12.9. The van der Waals surface area contributed by atoms with Crippen LogP contribution < -0.4 is 0 Å². The van der Waals surface area contributed by atoms with Gasteiger partial charge in [-0.3, -0.25) is 9.59 Å². The summed E-state index contributed by atoms with van der Waals surface area (Å²) in [5.41, 5.74) is -1.13. The molecule has 4 nitrogen and oxygen atoms in total. The second-order valence-electron chi connectivity index (χ2n) is 7.34. The van der Waals surface area contributed by atoms with Crippen LogP contribution in [0.15, 0.2) is 24.3 Å². The van der Waals surface area contributed by atoms with Crippen LogP contribution in [0.5, 0.6) is 0 Å². The highest BCUT2D eigenvalue weighted by molar-refractivity contribution is 5.95. The van der Waals surface area contributed by atoms with Crippen LogP contribution in [0.4, 0.5) is 13.2 Å². The lowest BCUT2D eigenvalue weighted by atomic mass is 9.68. The fourth-order valence-electron chi connectivity index (χ4n) is 4.35. The molecule has 2 fully saturated rings. The number of alkyl halides is 3. The summed E-state index contributed by atoms with van der Waals surface area (Å²) in [6.07, 6.45) is -1.32. The van der Waals surface area contributed by atoms with Crippen LogP contribution >= 0.6 is 0 Å². The molecule has 1 aromatic carbocycles. The molecule has 0 radical (unpaired) electrons. The molecule has 2 atom stereocenters. The summed E-state index contributed by atoms with van der Waals surface area (Å²) in [6, 6.07) is 4.01. The topological polar surface area (TPSA) is 40.6 Å². The van der Waals surface area contributed by atoms with Gasteiger partial charge in [-0.1, -0.05) is 0 Å². The minimum Gasteiger partial charge on any atom is -0.345 e. The summed E-state index contributed by atoms with van der Waals surface area (Å²) in [5.74, 6) is -0.243. The van der Waals surface area contributed by atoms with Gasteiger partial charge >= 0.3 is 6.18 Å². The molecule has 7 heteroatoms. The van der Waals surface area contributed by atoms with Crippen molar-refractivity contribution >= 4 is 11.8 Å². The normalized spacial score (nSPS) is 27.1. The molecule has 2 amide bonds. The maximum atomic E-state index is 12.9. The number of hydrogen-bond acceptors (Lipinski definition) is 2. The number of likely N-dealkylation sites (tertiary alicyclic amines) is 2. The molecule has 2 aliphatic heterocycles. The van der Waals surface area contributed by atoms with Crippen molar-refractivity contribution in [3.63, 3.8) is 0 Å². The second kappa shape index (κ2) is 6.59. The second-order valence-corrected chi connectivity index (χ2v) is 7.34. The van der Waals surface area contributed by atoms with Gasteiger partial charge in [0.15, 0.2) is 0 Å². The molecule has 0 aliphatic carbocycles. The number of carbonyl (C=O) groups excluding carboxylic acids is 2. The van der Waals surface area contributed by atoms with Gasteiger partial charge in [-0.15, -0.1) is 0 Å². The molecule has 2 heterocycles. The van der Waals surface area contributed by atoms with Crippen molar-refractivity contribution in [2.45, 2.75) is 44.8 Å². The van der Waals surface area contributed by atoms with Crippen LogP contribution in [0.3, 0.4) is 0 Å². The van der Waals surface area contributed by atoms with Gasteiger partial charge in [-0.2, -0.15) is 13.2 Å². The lowest BCUT2D eigenvalue weighted by molar-refractivity contribution is -0.152. The predicted molar refractivity (Wildman–Crippen MR) is 90.5 cm³/mol. The molecular weight excluding hydrogens is 345 g/mol. The van der Waals surface area contributed by atoms with Crippen LogP contribution in [0.2, 0.25) is 0 Å². The maximum Gasteiger partial charge on any atom is 0.416 e. The van der Waals surface area contributed by atoms with Gasteiger partial charge in [0.25, 0.3) is 5.91 Å². The quantitative estimate of drug-likeness (QED) is 0.760. The van der Waals surface area contributed by atoms with E-state index >= 15 is 0 Å². The van der Waals surface area contributed by atoms with Crippen LogP contribution in [0.1, 0.15) is 48.5 Å². The van der Waals surface area contributed by atoms with E-state index in [2.05, 4.69) is 0 Å². The third-order valence-electron chi connectivity index (χ3n) is 5.90. The van der Waals surface area contributed by atoms with Crippen molar-refractivity contribution in [1.82, 2.24) is 9.80 Å². The third kappa shape index (κ3) is 3.08. The summed E-state index contributed by atoms with van der Waals surface area (Å²) in [6.45, 7) is 3.12. The Morgan fingerprint density at radius 3 is 2.27 bits per heavy atom. The first kappa shape index (κ1) is 18.7.